The maximum absolute atomic E-state index is 12.6. The number of carbonyl (C=O) groups excluding carboxylic acids is 3. The number of aromatic nitrogens is 1. The Labute approximate surface area is 220 Å². The zero-order valence-corrected chi connectivity index (χ0v) is 21.5. The van der Waals surface area contributed by atoms with Crippen LogP contribution in [-0.2, 0) is 20.8 Å². The van der Waals surface area contributed by atoms with Crippen LogP contribution in [0.1, 0.15) is 25.8 Å². The third-order valence-corrected chi connectivity index (χ3v) is 6.15. The summed E-state index contributed by atoms with van der Waals surface area (Å²) in [7, 11) is 0. The van der Waals surface area contributed by atoms with Gasteiger partial charge in [0.05, 0.1) is 5.69 Å². The van der Waals surface area contributed by atoms with E-state index < -0.39 is 29.7 Å². The predicted octanol–water partition coefficient (Wildman–Crippen LogP) is 1.48. The number of aromatic amines is 1. The quantitative estimate of drug-likeness (QED) is 0.227. The number of fused-ring (bicyclic) bond motifs is 1. The number of nitrogens with two attached hydrogens (primary N) is 1. The van der Waals surface area contributed by atoms with Crippen molar-refractivity contribution in [3.05, 3.63) is 60.3 Å². The van der Waals surface area contributed by atoms with E-state index in [1.54, 1.807) is 24.3 Å². The molecule has 2 aromatic carbocycles. The van der Waals surface area contributed by atoms with E-state index in [2.05, 4.69) is 30.2 Å². The number of halogens is 1. The average Bonchev–Trinajstić information content (AvgIpc) is 3.36. The number of imide groups is 1. The number of hydrogen-bond donors (Lipinski definition) is 4. The molecule has 200 valence electrons. The number of amides is 3. The van der Waals surface area contributed by atoms with Crippen molar-refractivity contribution in [1.29, 1.82) is 0 Å². The number of rotatable bonds is 10. The van der Waals surface area contributed by atoms with Crippen LogP contribution in [-0.4, -0.2) is 58.1 Å². The predicted molar refractivity (Wildman–Crippen MR) is 143 cm³/mol. The van der Waals surface area contributed by atoms with E-state index in [4.69, 9.17) is 10.5 Å². The van der Waals surface area contributed by atoms with E-state index >= 15 is 0 Å². The Bertz CT molecular complexity index is 1260. The van der Waals surface area contributed by atoms with E-state index in [0.717, 1.165) is 16.8 Å². The minimum absolute atomic E-state index is 0. The summed E-state index contributed by atoms with van der Waals surface area (Å²) in [6.07, 6.45) is 1.66. The lowest BCUT2D eigenvalue weighted by Crippen LogP contribution is -2.46. The molecule has 0 spiro atoms. The molecule has 1 aliphatic heterocycles. The Morgan fingerprint density at radius 3 is 2.59 bits per heavy atom. The first-order chi connectivity index (χ1) is 16.7. The highest BCUT2D eigenvalue weighted by Crippen LogP contribution is 2.34. The first-order valence-corrected chi connectivity index (χ1v) is 11.5. The van der Waals surface area contributed by atoms with E-state index in [0.29, 0.717) is 0 Å². The van der Waals surface area contributed by atoms with Gasteiger partial charge in [-0.25, -0.2) is 4.90 Å². The number of β-amino-alcohol motifs (C(OH)–C–C–N with tert-alkyl or cyclic N) is 1. The molecule has 0 aliphatic carbocycles. The maximum atomic E-state index is 12.6. The van der Waals surface area contributed by atoms with Gasteiger partial charge in [0.1, 0.15) is 24.4 Å². The van der Waals surface area contributed by atoms with Crippen molar-refractivity contribution in [2.45, 2.75) is 38.3 Å². The normalized spacial score (nSPS) is 16.3. The van der Waals surface area contributed by atoms with Crippen LogP contribution in [0.3, 0.4) is 0 Å². The molecule has 3 amide bonds. The second kappa shape index (κ2) is 12.2. The topological polar surface area (TPSA) is 169 Å². The van der Waals surface area contributed by atoms with Crippen molar-refractivity contribution in [3.8, 4) is 5.75 Å². The third kappa shape index (κ3) is 6.66. The summed E-state index contributed by atoms with van der Waals surface area (Å²) in [4.78, 5) is 40.7. The van der Waals surface area contributed by atoms with Gasteiger partial charge in [0.25, 0.3) is 0 Å². The van der Waals surface area contributed by atoms with E-state index in [1.165, 1.54) is 10.9 Å². The fourth-order valence-corrected chi connectivity index (χ4v) is 4.33. The minimum Gasteiger partial charge on any atom is -0.489 e. The van der Waals surface area contributed by atoms with Gasteiger partial charge in [0.15, 0.2) is 0 Å². The highest BCUT2D eigenvalue weighted by Gasteiger charge is 2.43. The molecule has 7 N–H and O–H groups in total. The standard InChI is InChI=1S/C26H30N4O5.ClH.H2O/c1-26(2,12-16-13-28-20-8-4-3-7-18(16)20)29-14-17(31)15-35-22-10-6-5-9-21(22)30-23(32)11-19(24(27)33)25(30)34;;/h3-10,13,17,19,28-29,31H,11-12,14-15H2,1-2H3,(H2,27,33);1H;1H2. The lowest BCUT2D eigenvalue weighted by atomic mass is 9.94. The number of primary amides is 1. The Kier molecular flexibility index (Phi) is 9.82. The number of para-hydroxylation sites is 3. The molecule has 1 aliphatic rings. The zero-order chi connectivity index (χ0) is 25.2. The number of anilines is 1. The van der Waals surface area contributed by atoms with Crippen LogP contribution in [0.15, 0.2) is 54.7 Å². The highest BCUT2D eigenvalue weighted by molar-refractivity contribution is 6.26. The molecule has 2 atom stereocenters. The molecule has 10 nitrogen and oxygen atoms in total. The van der Waals surface area contributed by atoms with Gasteiger partial charge in [-0.1, -0.05) is 30.3 Å². The fraction of sp³-hybridized carbons (Fsp3) is 0.346. The Hall–Kier alpha value is -3.44. The Morgan fingerprint density at radius 1 is 1.22 bits per heavy atom. The smallest absolute Gasteiger partial charge is 0.246 e. The molecule has 2 unspecified atom stereocenters. The summed E-state index contributed by atoms with van der Waals surface area (Å²) < 4.78 is 5.78. The molecule has 1 aromatic heterocycles. The van der Waals surface area contributed by atoms with Gasteiger partial charge in [-0.15, -0.1) is 12.4 Å². The molecule has 1 fully saturated rings. The molecule has 3 aromatic rings. The second-order valence-corrected chi connectivity index (χ2v) is 9.46. The van der Waals surface area contributed by atoms with Gasteiger partial charge in [0.2, 0.25) is 17.7 Å². The van der Waals surface area contributed by atoms with Crippen molar-refractivity contribution in [2.75, 3.05) is 18.1 Å². The van der Waals surface area contributed by atoms with Gasteiger partial charge in [-0.2, -0.15) is 0 Å². The van der Waals surface area contributed by atoms with Gasteiger partial charge >= 0.3 is 0 Å². The molecule has 37 heavy (non-hydrogen) atoms. The number of nitrogens with one attached hydrogen (secondary N) is 2. The molecule has 0 radical (unpaired) electrons. The molecule has 11 heteroatoms. The summed E-state index contributed by atoms with van der Waals surface area (Å²) in [5, 5.41) is 15.1. The van der Waals surface area contributed by atoms with Gasteiger partial charge in [-0.05, 0) is 44.0 Å². The molecule has 0 bridgehead atoms. The second-order valence-electron chi connectivity index (χ2n) is 9.46. The molecular formula is C26H33ClN4O6. The minimum atomic E-state index is -1.18. The van der Waals surface area contributed by atoms with Crippen LogP contribution >= 0.6 is 12.4 Å². The van der Waals surface area contributed by atoms with Crippen molar-refractivity contribution in [1.82, 2.24) is 10.3 Å². The molecule has 2 heterocycles. The van der Waals surface area contributed by atoms with Gasteiger partial charge in [-0.3, -0.25) is 14.4 Å². The molecule has 0 saturated carbocycles. The number of benzene rings is 2. The number of H-pyrrole nitrogens is 1. The summed E-state index contributed by atoms with van der Waals surface area (Å²) in [6, 6.07) is 14.6. The fourth-order valence-electron chi connectivity index (χ4n) is 4.33. The van der Waals surface area contributed by atoms with Crippen molar-refractivity contribution in [2.24, 2.45) is 11.7 Å². The van der Waals surface area contributed by atoms with Crippen molar-refractivity contribution in [3.63, 3.8) is 0 Å². The lowest BCUT2D eigenvalue weighted by molar-refractivity contribution is -0.130. The number of aliphatic hydroxyl groups is 1. The van der Waals surface area contributed by atoms with Gasteiger partial charge < -0.3 is 31.4 Å². The molecule has 1 saturated heterocycles. The number of nitrogens with zero attached hydrogens (tertiary/aromatic N) is 1. The number of aliphatic hydroxyl groups excluding tert-OH is 1. The zero-order valence-electron chi connectivity index (χ0n) is 20.7. The van der Waals surface area contributed by atoms with E-state index in [1.807, 2.05) is 24.4 Å². The van der Waals surface area contributed by atoms with Crippen molar-refractivity contribution < 1.29 is 29.7 Å². The van der Waals surface area contributed by atoms with Crippen LogP contribution < -0.4 is 20.7 Å². The van der Waals surface area contributed by atoms with E-state index in [9.17, 15) is 19.5 Å². The third-order valence-electron chi connectivity index (χ3n) is 6.15. The summed E-state index contributed by atoms with van der Waals surface area (Å²) in [5.74, 6) is -2.93. The van der Waals surface area contributed by atoms with Crippen LogP contribution in [0.25, 0.3) is 10.9 Å². The van der Waals surface area contributed by atoms with Crippen molar-refractivity contribution >= 4 is 46.7 Å². The highest BCUT2D eigenvalue weighted by atomic mass is 35.5. The van der Waals surface area contributed by atoms with Crippen LogP contribution in [0.2, 0.25) is 0 Å². The van der Waals surface area contributed by atoms with Crippen LogP contribution in [0.4, 0.5) is 5.69 Å². The largest absolute Gasteiger partial charge is 0.489 e. The summed E-state index contributed by atoms with van der Waals surface area (Å²) in [6.45, 7) is 4.36. The first kappa shape index (κ1) is 29.8. The Morgan fingerprint density at radius 2 is 1.89 bits per heavy atom. The first-order valence-electron chi connectivity index (χ1n) is 11.5. The van der Waals surface area contributed by atoms with Crippen LogP contribution in [0, 0.1) is 5.92 Å². The molecule has 4 rings (SSSR count). The number of carbonyl (C=O) groups is 3. The summed E-state index contributed by atoms with van der Waals surface area (Å²) in [5.41, 5.74) is 7.46. The van der Waals surface area contributed by atoms with Gasteiger partial charge in [0, 0.05) is 35.6 Å². The van der Waals surface area contributed by atoms with E-state index in [-0.39, 0.29) is 54.4 Å². The monoisotopic (exact) mass is 532 g/mol. The molecular weight excluding hydrogens is 500 g/mol. The maximum Gasteiger partial charge on any atom is 0.246 e. The lowest BCUT2D eigenvalue weighted by Gasteiger charge is -2.28. The summed E-state index contributed by atoms with van der Waals surface area (Å²) >= 11 is 0. The number of hydrogen-bond acceptors (Lipinski definition) is 6. The number of ether oxygens (including phenoxy) is 1. The SMILES string of the molecule is CC(C)(Cc1c[nH]c2ccccc12)NCC(O)COc1ccccc1N1C(=O)CC(C(N)=O)C1=O.Cl.O. The van der Waals surface area contributed by atoms with Crippen LogP contribution in [0.5, 0.6) is 5.75 Å². The average molecular weight is 533 g/mol. The Balaban J connectivity index is 0.00000241.